The van der Waals surface area contributed by atoms with Crippen molar-refractivity contribution in [3.05, 3.63) is 0 Å². The van der Waals surface area contributed by atoms with E-state index in [1.807, 2.05) is 0 Å². The first-order valence-electron chi connectivity index (χ1n) is 4.99. The molecule has 0 heterocycles. The highest BCUT2D eigenvalue weighted by Crippen LogP contribution is 2.26. The SMILES string of the molecule is CC(O)COC(COC(C)C(F)(F)F)C(F)(F)F. The number of aliphatic hydroxyl groups is 1. The molecule has 9 heteroatoms. The van der Waals surface area contributed by atoms with Crippen LogP contribution in [0.1, 0.15) is 13.8 Å². The Labute approximate surface area is 99.7 Å². The quantitative estimate of drug-likeness (QED) is 0.761. The Kier molecular flexibility index (Phi) is 6.38. The van der Waals surface area contributed by atoms with Crippen LogP contribution in [0.15, 0.2) is 0 Å². The van der Waals surface area contributed by atoms with Crippen molar-refractivity contribution in [3.63, 3.8) is 0 Å². The third-order valence-corrected chi connectivity index (χ3v) is 1.86. The fraction of sp³-hybridized carbons (Fsp3) is 1.00. The summed E-state index contributed by atoms with van der Waals surface area (Å²) in [7, 11) is 0. The van der Waals surface area contributed by atoms with E-state index in [1.54, 1.807) is 0 Å². The number of halogens is 6. The maximum Gasteiger partial charge on any atom is 0.416 e. The summed E-state index contributed by atoms with van der Waals surface area (Å²) in [5.41, 5.74) is 0. The Hall–Kier alpha value is -0.540. The molecule has 110 valence electrons. The van der Waals surface area contributed by atoms with Gasteiger partial charge in [0.05, 0.1) is 19.3 Å². The molecule has 18 heavy (non-hydrogen) atoms. The highest BCUT2D eigenvalue weighted by atomic mass is 19.4. The van der Waals surface area contributed by atoms with Crippen LogP contribution in [0.3, 0.4) is 0 Å². The van der Waals surface area contributed by atoms with Gasteiger partial charge in [0.2, 0.25) is 0 Å². The molecule has 0 aliphatic carbocycles. The van der Waals surface area contributed by atoms with Crippen molar-refractivity contribution in [1.29, 1.82) is 0 Å². The normalized spacial score (nSPS) is 18.5. The monoisotopic (exact) mass is 284 g/mol. The van der Waals surface area contributed by atoms with Gasteiger partial charge >= 0.3 is 12.4 Å². The minimum absolute atomic E-state index is 0.599. The molecule has 3 unspecified atom stereocenters. The van der Waals surface area contributed by atoms with Crippen molar-refractivity contribution in [2.24, 2.45) is 0 Å². The van der Waals surface area contributed by atoms with Crippen LogP contribution in [-0.4, -0.2) is 49.0 Å². The van der Waals surface area contributed by atoms with Gasteiger partial charge in [0.1, 0.15) is 0 Å². The Morgan fingerprint density at radius 1 is 0.889 bits per heavy atom. The Balaban J connectivity index is 4.35. The lowest BCUT2D eigenvalue weighted by atomic mass is 10.3. The Morgan fingerprint density at radius 3 is 1.72 bits per heavy atom. The van der Waals surface area contributed by atoms with Gasteiger partial charge in [-0.1, -0.05) is 0 Å². The van der Waals surface area contributed by atoms with Crippen LogP contribution < -0.4 is 0 Å². The van der Waals surface area contributed by atoms with Crippen molar-refractivity contribution < 1.29 is 40.9 Å². The molecular weight excluding hydrogens is 270 g/mol. The lowest BCUT2D eigenvalue weighted by molar-refractivity contribution is -0.263. The second-order valence-electron chi connectivity index (χ2n) is 3.73. The number of ether oxygens (including phenoxy) is 2. The van der Waals surface area contributed by atoms with Crippen LogP contribution in [0.25, 0.3) is 0 Å². The molecule has 0 saturated carbocycles. The third-order valence-electron chi connectivity index (χ3n) is 1.86. The maximum atomic E-state index is 12.3. The van der Waals surface area contributed by atoms with E-state index >= 15 is 0 Å². The summed E-state index contributed by atoms with van der Waals surface area (Å²) < 4.78 is 81.5. The molecule has 0 spiro atoms. The summed E-state index contributed by atoms with van der Waals surface area (Å²) in [5, 5.41) is 8.76. The van der Waals surface area contributed by atoms with Gasteiger partial charge in [0, 0.05) is 0 Å². The largest absolute Gasteiger partial charge is 0.416 e. The molecule has 0 aliphatic heterocycles. The second kappa shape index (κ2) is 6.58. The predicted molar refractivity (Wildman–Crippen MR) is 48.9 cm³/mol. The number of rotatable bonds is 6. The van der Waals surface area contributed by atoms with Crippen LogP contribution in [-0.2, 0) is 9.47 Å². The van der Waals surface area contributed by atoms with Gasteiger partial charge in [-0.2, -0.15) is 26.3 Å². The van der Waals surface area contributed by atoms with Crippen molar-refractivity contribution in [1.82, 2.24) is 0 Å². The third kappa shape index (κ3) is 7.02. The van der Waals surface area contributed by atoms with Crippen LogP contribution >= 0.6 is 0 Å². The highest BCUT2D eigenvalue weighted by molar-refractivity contribution is 4.70. The summed E-state index contributed by atoms with van der Waals surface area (Å²) in [5.74, 6) is 0. The number of alkyl halides is 6. The zero-order valence-corrected chi connectivity index (χ0v) is 9.68. The van der Waals surface area contributed by atoms with Gasteiger partial charge < -0.3 is 14.6 Å². The van der Waals surface area contributed by atoms with Crippen molar-refractivity contribution in [2.45, 2.75) is 44.5 Å². The maximum absolute atomic E-state index is 12.3. The van der Waals surface area contributed by atoms with Gasteiger partial charge in [-0.25, -0.2) is 0 Å². The average Bonchev–Trinajstić information content (AvgIpc) is 2.12. The predicted octanol–water partition coefficient (Wildman–Crippen LogP) is 2.28. The molecule has 3 atom stereocenters. The van der Waals surface area contributed by atoms with E-state index in [4.69, 9.17) is 5.11 Å². The lowest BCUT2D eigenvalue weighted by Gasteiger charge is -2.24. The highest BCUT2D eigenvalue weighted by Gasteiger charge is 2.43. The van der Waals surface area contributed by atoms with E-state index in [1.165, 1.54) is 6.92 Å². The number of aliphatic hydroxyl groups excluding tert-OH is 1. The van der Waals surface area contributed by atoms with Gasteiger partial charge in [-0.3, -0.25) is 0 Å². The summed E-state index contributed by atoms with van der Waals surface area (Å²) >= 11 is 0. The van der Waals surface area contributed by atoms with Gasteiger partial charge in [-0.05, 0) is 13.8 Å². The Morgan fingerprint density at radius 2 is 1.39 bits per heavy atom. The molecule has 0 aliphatic rings. The molecule has 3 nitrogen and oxygen atoms in total. The smallest absolute Gasteiger partial charge is 0.391 e. The molecular formula is C9H14F6O3. The molecule has 0 aromatic heterocycles. The number of hydrogen-bond donors (Lipinski definition) is 1. The fourth-order valence-electron chi connectivity index (χ4n) is 0.819. The lowest BCUT2D eigenvalue weighted by Crippen LogP contribution is -2.40. The first-order chi connectivity index (χ1) is 7.94. The van der Waals surface area contributed by atoms with Crippen LogP contribution in [0, 0.1) is 0 Å². The zero-order valence-electron chi connectivity index (χ0n) is 9.68. The summed E-state index contributed by atoms with van der Waals surface area (Å²) in [6, 6.07) is 0. The number of hydrogen-bond acceptors (Lipinski definition) is 3. The van der Waals surface area contributed by atoms with Crippen LogP contribution in [0.4, 0.5) is 26.3 Å². The minimum Gasteiger partial charge on any atom is -0.391 e. The molecule has 0 saturated heterocycles. The van der Waals surface area contributed by atoms with E-state index in [9.17, 15) is 26.3 Å². The summed E-state index contributed by atoms with van der Waals surface area (Å²) in [6.45, 7) is -0.139. The topological polar surface area (TPSA) is 38.7 Å². The van der Waals surface area contributed by atoms with Gasteiger partial charge in [-0.15, -0.1) is 0 Å². The van der Waals surface area contributed by atoms with Gasteiger partial charge in [0.15, 0.2) is 12.2 Å². The summed E-state index contributed by atoms with van der Waals surface area (Å²) in [4.78, 5) is 0. The van der Waals surface area contributed by atoms with E-state index in [2.05, 4.69) is 9.47 Å². The minimum atomic E-state index is -4.86. The second-order valence-corrected chi connectivity index (χ2v) is 3.73. The summed E-state index contributed by atoms with van der Waals surface area (Å²) in [6.07, 6.45) is -15.6. The molecule has 0 radical (unpaired) electrons. The van der Waals surface area contributed by atoms with Crippen molar-refractivity contribution >= 4 is 0 Å². The van der Waals surface area contributed by atoms with Crippen molar-refractivity contribution in [3.8, 4) is 0 Å². The van der Waals surface area contributed by atoms with E-state index in [0.29, 0.717) is 6.92 Å². The molecule has 1 N–H and O–H groups in total. The Bertz CT molecular complexity index is 237. The van der Waals surface area contributed by atoms with E-state index in [0.717, 1.165) is 0 Å². The van der Waals surface area contributed by atoms with E-state index < -0.39 is 43.9 Å². The molecule has 0 aromatic carbocycles. The van der Waals surface area contributed by atoms with Gasteiger partial charge in [0.25, 0.3) is 0 Å². The molecule has 0 fully saturated rings. The van der Waals surface area contributed by atoms with E-state index in [-0.39, 0.29) is 0 Å². The molecule has 0 aromatic rings. The van der Waals surface area contributed by atoms with Crippen LogP contribution in [0.2, 0.25) is 0 Å². The first kappa shape index (κ1) is 17.5. The average molecular weight is 284 g/mol. The standard InChI is InChI=1S/C9H14F6O3/c1-5(16)3-18-7(9(13,14)15)4-17-6(2)8(10,11)12/h5-7,16H,3-4H2,1-2H3. The molecule has 0 amide bonds. The fourth-order valence-corrected chi connectivity index (χ4v) is 0.819. The molecule has 0 rings (SSSR count). The first-order valence-corrected chi connectivity index (χ1v) is 4.99. The molecule has 0 bridgehead atoms. The van der Waals surface area contributed by atoms with Crippen LogP contribution in [0.5, 0.6) is 0 Å². The zero-order chi connectivity index (χ0) is 14.6. The van der Waals surface area contributed by atoms with Crippen molar-refractivity contribution in [2.75, 3.05) is 13.2 Å².